The van der Waals surface area contributed by atoms with E-state index in [1.54, 1.807) is 0 Å². The molecule has 0 radical (unpaired) electrons. The van der Waals surface area contributed by atoms with Crippen molar-refractivity contribution in [3.63, 3.8) is 0 Å². The number of nitrogens with one attached hydrogen (secondary N) is 1. The van der Waals surface area contributed by atoms with E-state index in [0.717, 1.165) is 0 Å². The molecule has 2 aliphatic heterocycles. The van der Waals surface area contributed by atoms with Gasteiger partial charge in [-0.3, -0.25) is 0 Å². The molecule has 0 bridgehead atoms. The van der Waals surface area contributed by atoms with Gasteiger partial charge in [0.05, 0.1) is 12.1 Å². The van der Waals surface area contributed by atoms with Gasteiger partial charge in [-0.05, 0) is 13.8 Å². The van der Waals surface area contributed by atoms with Gasteiger partial charge in [0.1, 0.15) is 0 Å². The van der Waals surface area contributed by atoms with Crippen LogP contribution in [0.4, 0.5) is 9.59 Å². The maximum Gasteiger partial charge on any atom is 0.408 e. The van der Waals surface area contributed by atoms with Crippen LogP contribution in [0, 0.1) is 0 Å². The third kappa shape index (κ3) is 1.32. The third-order valence-electron chi connectivity index (χ3n) is 3.34. The molecule has 1 spiro atoms. The Hall–Kier alpha value is -1.46. The Kier molecular flexibility index (Phi) is 1.86. The molecule has 15 heavy (non-hydrogen) atoms. The lowest BCUT2D eigenvalue weighted by molar-refractivity contribution is 0.0199. The summed E-state index contributed by atoms with van der Waals surface area (Å²) in [7, 11) is 0. The maximum absolute atomic E-state index is 11.2. The van der Waals surface area contributed by atoms with Gasteiger partial charge in [-0.15, -0.1) is 0 Å². The summed E-state index contributed by atoms with van der Waals surface area (Å²) >= 11 is 0. The molecule has 2 amide bonds. The number of rotatable bonds is 0. The van der Waals surface area contributed by atoms with Crippen molar-refractivity contribution in [1.29, 1.82) is 0 Å². The zero-order chi connectivity index (χ0) is 11.3. The SMILES string of the molecule is CC1(C)NC(=O)OC12CCN(C(=O)O)C2. The van der Waals surface area contributed by atoms with E-state index in [2.05, 4.69) is 5.32 Å². The Morgan fingerprint density at radius 1 is 1.60 bits per heavy atom. The fraction of sp³-hybridized carbons (Fsp3) is 0.778. The minimum absolute atomic E-state index is 0.244. The molecular formula is C9H14N2O4. The Morgan fingerprint density at radius 2 is 2.27 bits per heavy atom. The van der Waals surface area contributed by atoms with Crippen molar-refractivity contribution in [2.75, 3.05) is 13.1 Å². The molecule has 2 heterocycles. The second-order valence-electron chi connectivity index (χ2n) is 4.59. The molecule has 0 saturated carbocycles. The zero-order valence-electron chi connectivity index (χ0n) is 8.74. The number of amides is 2. The van der Waals surface area contributed by atoms with Gasteiger partial charge in [-0.25, -0.2) is 9.59 Å². The van der Waals surface area contributed by atoms with Crippen molar-refractivity contribution >= 4 is 12.2 Å². The monoisotopic (exact) mass is 214 g/mol. The van der Waals surface area contributed by atoms with E-state index in [-0.39, 0.29) is 6.54 Å². The number of ether oxygens (including phenoxy) is 1. The number of hydrogen-bond acceptors (Lipinski definition) is 3. The minimum Gasteiger partial charge on any atom is -0.465 e. The molecule has 84 valence electrons. The van der Waals surface area contributed by atoms with Crippen molar-refractivity contribution in [2.45, 2.75) is 31.4 Å². The van der Waals surface area contributed by atoms with Gasteiger partial charge in [-0.2, -0.15) is 0 Å². The highest BCUT2D eigenvalue weighted by Gasteiger charge is 2.58. The van der Waals surface area contributed by atoms with Gasteiger partial charge in [0.15, 0.2) is 5.60 Å². The van der Waals surface area contributed by atoms with E-state index in [1.165, 1.54) is 4.90 Å². The van der Waals surface area contributed by atoms with E-state index < -0.39 is 23.3 Å². The van der Waals surface area contributed by atoms with Crippen LogP contribution in [0.5, 0.6) is 0 Å². The normalized spacial score (nSPS) is 32.9. The first-order valence-electron chi connectivity index (χ1n) is 4.85. The molecule has 6 heteroatoms. The Morgan fingerprint density at radius 3 is 2.67 bits per heavy atom. The van der Waals surface area contributed by atoms with Crippen LogP contribution in [-0.2, 0) is 4.74 Å². The summed E-state index contributed by atoms with van der Waals surface area (Å²) in [6.45, 7) is 4.36. The average molecular weight is 214 g/mol. The van der Waals surface area contributed by atoms with E-state index in [1.807, 2.05) is 13.8 Å². The summed E-state index contributed by atoms with van der Waals surface area (Å²) in [4.78, 5) is 23.3. The predicted molar refractivity (Wildman–Crippen MR) is 50.6 cm³/mol. The summed E-state index contributed by atoms with van der Waals surface area (Å²) in [5.41, 5.74) is -1.23. The van der Waals surface area contributed by atoms with Crippen LogP contribution < -0.4 is 5.32 Å². The van der Waals surface area contributed by atoms with Crippen LogP contribution in [-0.4, -0.2) is 46.4 Å². The number of carbonyl (C=O) groups is 2. The van der Waals surface area contributed by atoms with Crippen molar-refractivity contribution in [3.05, 3.63) is 0 Å². The standard InChI is InChI=1S/C9H14N2O4/c1-8(2)9(15-6(12)10-8)3-4-11(5-9)7(13)14/h3-5H2,1-2H3,(H,10,12)(H,13,14). The summed E-state index contributed by atoms with van der Waals surface area (Å²) in [5, 5.41) is 11.6. The average Bonchev–Trinajstić information content (AvgIpc) is 2.56. The Labute approximate surface area is 87.2 Å². The van der Waals surface area contributed by atoms with Crippen molar-refractivity contribution < 1.29 is 19.4 Å². The number of nitrogens with zero attached hydrogens (tertiary/aromatic N) is 1. The fourth-order valence-electron chi connectivity index (χ4n) is 2.24. The largest absolute Gasteiger partial charge is 0.465 e. The predicted octanol–water partition coefficient (Wildman–Crippen LogP) is 0.627. The molecule has 0 aromatic heterocycles. The molecular weight excluding hydrogens is 200 g/mol. The summed E-state index contributed by atoms with van der Waals surface area (Å²) in [6, 6.07) is 0. The van der Waals surface area contributed by atoms with E-state index in [4.69, 9.17) is 9.84 Å². The second kappa shape index (κ2) is 2.77. The highest BCUT2D eigenvalue weighted by molar-refractivity contribution is 5.73. The van der Waals surface area contributed by atoms with Crippen LogP contribution in [0.2, 0.25) is 0 Å². The molecule has 2 saturated heterocycles. The van der Waals surface area contributed by atoms with Gasteiger partial charge >= 0.3 is 12.2 Å². The third-order valence-corrected chi connectivity index (χ3v) is 3.34. The number of likely N-dealkylation sites (tertiary alicyclic amines) is 1. The second-order valence-corrected chi connectivity index (χ2v) is 4.59. The highest BCUT2D eigenvalue weighted by atomic mass is 16.6. The quantitative estimate of drug-likeness (QED) is 0.619. The number of hydrogen-bond donors (Lipinski definition) is 2. The smallest absolute Gasteiger partial charge is 0.408 e. The van der Waals surface area contributed by atoms with E-state index in [9.17, 15) is 9.59 Å². The van der Waals surface area contributed by atoms with Crippen LogP contribution >= 0.6 is 0 Å². The molecule has 0 aromatic carbocycles. The molecule has 1 atom stereocenters. The number of carbonyl (C=O) groups excluding carboxylic acids is 1. The maximum atomic E-state index is 11.2. The molecule has 2 N–H and O–H groups in total. The van der Waals surface area contributed by atoms with Crippen LogP contribution in [0.3, 0.4) is 0 Å². The minimum atomic E-state index is -0.967. The van der Waals surface area contributed by atoms with Gasteiger partial charge in [0.2, 0.25) is 0 Å². The van der Waals surface area contributed by atoms with Crippen LogP contribution in [0.25, 0.3) is 0 Å². The molecule has 0 aliphatic carbocycles. The van der Waals surface area contributed by atoms with E-state index >= 15 is 0 Å². The lowest BCUT2D eigenvalue weighted by Crippen LogP contribution is -2.54. The molecule has 2 aliphatic rings. The van der Waals surface area contributed by atoms with Crippen LogP contribution in [0.15, 0.2) is 0 Å². The highest BCUT2D eigenvalue weighted by Crippen LogP contribution is 2.39. The Balaban J connectivity index is 2.22. The van der Waals surface area contributed by atoms with Crippen molar-refractivity contribution in [1.82, 2.24) is 10.2 Å². The van der Waals surface area contributed by atoms with Crippen molar-refractivity contribution in [3.8, 4) is 0 Å². The lowest BCUT2D eigenvalue weighted by atomic mass is 9.83. The molecule has 1 unspecified atom stereocenters. The number of alkyl carbamates (subject to hydrolysis) is 1. The fourth-order valence-corrected chi connectivity index (χ4v) is 2.24. The topological polar surface area (TPSA) is 78.9 Å². The van der Waals surface area contributed by atoms with Crippen molar-refractivity contribution in [2.24, 2.45) is 0 Å². The van der Waals surface area contributed by atoms with E-state index in [0.29, 0.717) is 13.0 Å². The molecule has 0 aromatic rings. The van der Waals surface area contributed by atoms with Gasteiger partial charge < -0.3 is 20.1 Å². The first-order chi connectivity index (χ1) is 6.86. The van der Waals surface area contributed by atoms with Gasteiger partial charge in [0, 0.05) is 13.0 Å². The summed E-state index contributed by atoms with van der Waals surface area (Å²) in [5.74, 6) is 0. The molecule has 6 nitrogen and oxygen atoms in total. The summed E-state index contributed by atoms with van der Waals surface area (Å²) < 4.78 is 5.25. The molecule has 2 rings (SSSR count). The first-order valence-corrected chi connectivity index (χ1v) is 4.85. The zero-order valence-corrected chi connectivity index (χ0v) is 8.74. The molecule has 2 fully saturated rings. The van der Waals surface area contributed by atoms with Crippen LogP contribution in [0.1, 0.15) is 20.3 Å². The number of carboxylic acid groups (broad SMARTS) is 1. The lowest BCUT2D eigenvalue weighted by Gasteiger charge is -2.33. The van der Waals surface area contributed by atoms with Gasteiger partial charge in [-0.1, -0.05) is 0 Å². The first kappa shape index (κ1) is 10.1. The van der Waals surface area contributed by atoms with Gasteiger partial charge in [0.25, 0.3) is 0 Å². The Bertz CT molecular complexity index is 328. The summed E-state index contributed by atoms with van der Waals surface area (Å²) in [6.07, 6.45) is -0.886.